The Balaban J connectivity index is 1.65. The number of hydrogen-bond donors (Lipinski definition) is 3. The molecule has 2 fully saturated rings. The normalized spacial score (nSPS) is 21.3. The van der Waals surface area contributed by atoms with E-state index in [2.05, 4.69) is 10.6 Å². The number of benzene rings is 1. The molecule has 2 aliphatic rings. The number of aliphatic hydroxyl groups excluding tert-OH is 1. The fourth-order valence-electron chi connectivity index (χ4n) is 3.44. The summed E-state index contributed by atoms with van der Waals surface area (Å²) in [7, 11) is 0. The van der Waals surface area contributed by atoms with Gasteiger partial charge in [-0.3, -0.25) is 4.79 Å². The van der Waals surface area contributed by atoms with Gasteiger partial charge in [0, 0.05) is 23.8 Å². The third-order valence-electron chi connectivity index (χ3n) is 5.01. The van der Waals surface area contributed by atoms with E-state index in [-0.39, 0.29) is 31.0 Å². The van der Waals surface area contributed by atoms with Gasteiger partial charge in [0.1, 0.15) is 0 Å². The van der Waals surface area contributed by atoms with Crippen LogP contribution >= 0.6 is 0 Å². The summed E-state index contributed by atoms with van der Waals surface area (Å²) in [4.78, 5) is 26.4. The van der Waals surface area contributed by atoms with Gasteiger partial charge in [0.25, 0.3) is 0 Å². The second-order valence-corrected chi connectivity index (χ2v) is 7.11. The Morgan fingerprint density at radius 2 is 2.00 bits per heavy atom. The highest BCUT2D eigenvalue weighted by Gasteiger charge is 2.23. The van der Waals surface area contributed by atoms with Crippen LogP contribution in [0.25, 0.3) is 0 Å². The molecular weight excluding hydrogens is 334 g/mol. The third kappa shape index (κ3) is 4.74. The van der Waals surface area contributed by atoms with Crippen LogP contribution in [0, 0.1) is 12.8 Å². The minimum atomic E-state index is -0.679. The van der Waals surface area contributed by atoms with Crippen LogP contribution in [0.15, 0.2) is 18.2 Å². The van der Waals surface area contributed by atoms with Crippen LogP contribution in [0.5, 0.6) is 0 Å². The highest BCUT2D eigenvalue weighted by molar-refractivity contribution is 5.95. The van der Waals surface area contributed by atoms with Gasteiger partial charge in [-0.05, 0) is 37.5 Å². The quantitative estimate of drug-likeness (QED) is 0.771. The predicted molar refractivity (Wildman–Crippen MR) is 99.2 cm³/mol. The molecule has 1 aromatic carbocycles. The van der Waals surface area contributed by atoms with Crippen LogP contribution in [-0.4, -0.2) is 54.4 Å². The average molecular weight is 361 g/mol. The number of ether oxygens (including phenoxy) is 1. The molecule has 1 aliphatic carbocycles. The van der Waals surface area contributed by atoms with Gasteiger partial charge in [0.15, 0.2) is 0 Å². The number of nitrogens with zero attached hydrogens (tertiary/aromatic N) is 1. The van der Waals surface area contributed by atoms with Gasteiger partial charge in [0.2, 0.25) is 5.91 Å². The molecule has 3 rings (SSSR count). The van der Waals surface area contributed by atoms with Crippen molar-refractivity contribution in [2.45, 2.75) is 38.7 Å². The lowest BCUT2D eigenvalue weighted by Gasteiger charge is -2.22. The van der Waals surface area contributed by atoms with Crippen LogP contribution in [0.4, 0.5) is 16.2 Å². The van der Waals surface area contributed by atoms with Crippen LogP contribution in [0.2, 0.25) is 0 Å². The predicted octanol–water partition coefficient (Wildman–Crippen LogP) is 2.35. The standard InChI is InChI=1S/C19H27N3O4/c1-13-6-7-15(20-18(24)14-4-2-3-5-14)10-17(13)21-19(25)22-8-9-26-12-16(23)11-22/h6-7,10,14,16,23H,2-5,8-9,11-12H2,1H3,(H,20,24)(H,21,25)/t16-/m1/s1. The van der Waals surface area contributed by atoms with Crippen molar-refractivity contribution in [3.8, 4) is 0 Å². The van der Waals surface area contributed by atoms with E-state index in [0.717, 1.165) is 31.2 Å². The number of amides is 3. The van der Waals surface area contributed by atoms with Gasteiger partial charge >= 0.3 is 6.03 Å². The first-order chi connectivity index (χ1) is 12.5. The second-order valence-electron chi connectivity index (χ2n) is 7.11. The minimum absolute atomic E-state index is 0.0522. The van der Waals surface area contributed by atoms with Crippen LogP contribution in [0.1, 0.15) is 31.2 Å². The number of aryl methyl sites for hydroxylation is 1. The molecule has 0 unspecified atom stereocenters. The summed E-state index contributed by atoms with van der Waals surface area (Å²) in [5, 5.41) is 15.6. The lowest BCUT2D eigenvalue weighted by Crippen LogP contribution is -2.40. The summed E-state index contributed by atoms with van der Waals surface area (Å²) in [5.74, 6) is 0.143. The van der Waals surface area contributed by atoms with Gasteiger partial charge in [-0.15, -0.1) is 0 Å². The Morgan fingerprint density at radius 3 is 2.77 bits per heavy atom. The SMILES string of the molecule is Cc1ccc(NC(=O)C2CCCC2)cc1NC(=O)N1CCOC[C@H](O)C1. The van der Waals surface area contributed by atoms with E-state index in [1.807, 2.05) is 19.1 Å². The van der Waals surface area contributed by atoms with Crippen molar-refractivity contribution in [2.24, 2.45) is 5.92 Å². The van der Waals surface area contributed by atoms with E-state index in [4.69, 9.17) is 4.74 Å². The molecule has 1 atom stereocenters. The molecular formula is C19H27N3O4. The van der Waals surface area contributed by atoms with Crippen molar-refractivity contribution in [1.29, 1.82) is 0 Å². The van der Waals surface area contributed by atoms with Crippen molar-refractivity contribution in [1.82, 2.24) is 4.90 Å². The number of rotatable bonds is 3. The molecule has 0 radical (unpaired) electrons. The van der Waals surface area contributed by atoms with E-state index in [1.54, 1.807) is 11.0 Å². The number of carbonyl (C=O) groups is 2. The van der Waals surface area contributed by atoms with Gasteiger partial charge in [-0.25, -0.2) is 4.79 Å². The molecule has 142 valence electrons. The first kappa shape index (κ1) is 18.7. The van der Waals surface area contributed by atoms with E-state index >= 15 is 0 Å². The lowest BCUT2D eigenvalue weighted by molar-refractivity contribution is -0.119. The molecule has 1 saturated carbocycles. The number of anilines is 2. The average Bonchev–Trinajstić information content (AvgIpc) is 3.06. The van der Waals surface area contributed by atoms with Crippen LogP contribution < -0.4 is 10.6 Å². The van der Waals surface area contributed by atoms with Crippen molar-refractivity contribution in [3.05, 3.63) is 23.8 Å². The molecule has 0 bridgehead atoms. The summed E-state index contributed by atoms with van der Waals surface area (Å²) in [6.07, 6.45) is 3.43. The van der Waals surface area contributed by atoms with E-state index in [0.29, 0.717) is 24.5 Å². The Labute approximate surface area is 153 Å². The molecule has 1 aromatic rings. The Morgan fingerprint density at radius 1 is 1.23 bits per heavy atom. The minimum Gasteiger partial charge on any atom is -0.389 e. The summed E-state index contributed by atoms with van der Waals surface area (Å²) in [5.41, 5.74) is 2.24. The van der Waals surface area contributed by atoms with Crippen molar-refractivity contribution in [3.63, 3.8) is 0 Å². The summed E-state index contributed by atoms with van der Waals surface area (Å²) >= 11 is 0. The number of hydrogen-bond acceptors (Lipinski definition) is 4. The van der Waals surface area contributed by atoms with E-state index < -0.39 is 6.10 Å². The molecule has 7 heteroatoms. The fourth-order valence-corrected chi connectivity index (χ4v) is 3.44. The van der Waals surface area contributed by atoms with Gasteiger partial charge in [-0.2, -0.15) is 0 Å². The van der Waals surface area contributed by atoms with Gasteiger partial charge in [0.05, 0.1) is 25.9 Å². The lowest BCUT2D eigenvalue weighted by atomic mass is 10.1. The van der Waals surface area contributed by atoms with Crippen molar-refractivity contribution >= 4 is 23.3 Å². The Bertz CT molecular complexity index is 658. The van der Waals surface area contributed by atoms with Crippen LogP contribution in [-0.2, 0) is 9.53 Å². The molecule has 1 heterocycles. The van der Waals surface area contributed by atoms with Gasteiger partial charge in [-0.1, -0.05) is 18.9 Å². The van der Waals surface area contributed by atoms with Crippen LogP contribution in [0.3, 0.4) is 0 Å². The molecule has 0 aromatic heterocycles. The van der Waals surface area contributed by atoms with Gasteiger partial charge < -0.3 is 25.4 Å². The molecule has 3 N–H and O–H groups in total. The zero-order chi connectivity index (χ0) is 18.5. The number of aliphatic hydroxyl groups is 1. The number of nitrogens with one attached hydrogen (secondary N) is 2. The number of β-amino-alcohol motifs (C(OH)–C–C–N with tert-alkyl or cyclic N) is 1. The fraction of sp³-hybridized carbons (Fsp3) is 0.579. The molecule has 7 nitrogen and oxygen atoms in total. The zero-order valence-corrected chi connectivity index (χ0v) is 15.2. The molecule has 0 spiro atoms. The summed E-state index contributed by atoms with van der Waals surface area (Å²) in [6.45, 7) is 3.22. The first-order valence-electron chi connectivity index (χ1n) is 9.26. The Hall–Kier alpha value is -2.12. The monoisotopic (exact) mass is 361 g/mol. The maximum absolute atomic E-state index is 12.5. The maximum Gasteiger partial charge on any atom is 0.322 e. The smallest absolute Gasteiger partial charge is 0.322 e. The number of urea groups is 1. The molecule has 1 saturated heterocycles. The summed E-state index contributed by atoms with van der Waals surface area (Å²) < 4.78 is 5.25. The zero-order valence-electron chi connectivity index (χ0n) is 15.2. The highest BCUT2D eigenvalue weighted by Crippen LogP contribution is 2.27. The first-order valence-corrected chi connectivity index (χ1v) is 9.26. The third-order valence-corrected chi connectivity index (χ3v) is 5.01. The maximum atomic E-state index is 12.5. The number of carbonyl (C=O) groups excluding carboxylic acids is 2. The molecule has 1 aliphatic heterocycles. The molecule has 3 amide bonds. The summed E-state index contributed by atoms with van der Waals surface area (Å²) in [6, 6.07) is 5.23. The van der Waals surface area contributed by atoms with Crippen molar-refractivity contribution in [2.75, 3.05) is 36.9 Å². The second kappa shape index (κ2) is 8.51. The molecule has 26 heavy (non-hydrogen) atoms. The van der Waals surface area contributed by atoms with E-state index in [1.165, 1.54) is 0 Å². The van der Waals surface area contributed by atoms with Crippen molar-refractivity contribution < 1.29 is 19.4 Å². The largest absolute Gasteiger partial charge is 0.389 e. The van der Waals surface area contributed by atoms with E-state index in [9.17, 15) is 14.7 Å². The topological polar surface area (TPSA) is 90.9 Å². The Kier molecular flexibility index (Phi) is 6.11. The highest BCUT2D eigenvalue weighted by atomic mass is 16.5.